The Morgan fingerprint density at radius 2 is 2.07 bits per heavy atom. The average molecular weight is 399 g/mol. The van der Waals surface area contributed by atoms with E-state index in [0.29, 0.717) is 36.4 Å². The second-order valence-electron chi connectivity index (χ2n) is 5.89. The lowest BCUT2D eigenvalue weighted by atomic mass is 10.1. The lowest BCUT2D eigenvalue weighted by Gasteiger charge is -2.10. The Morgan fingerprint density at radius 3 is 2.75 bits per heavy atom. The van der Waals surface area contributed by atoms with Crippen molar-refractivity contribution in [3.8, 4) is 0 Å². The summed E-state index contributed by atoms with van der Waals surface area (Å²) in [6.07, 6.45) is -4.65. The van der Waals surface area contributed by atoms with Gasteiger partial charge in [0.05, 0.1) is 18.7 Å². The minimum absolute atomic E-state index is 0.0930. The lowest BCUT2D eigenvalue weighted by molar-refractivity contribution is -0.137. The summed E-state index contributed by atoms with van der Waals surface area (Å²) in [7, 11) is 0. The van der Waals surface area contributed by atoms with Crippen LogP contribution in [0.3, 0.4) is 0 Å². The SMILES string of the molecule is CCNC(=NCc1cccc(C(F)(F)F)c1)NCc1nc(C(C)OCC)no1. The summed E-state index contributed by atoms with van der Waals surface area (Å²) >= 11 is 0. The highest BCUT2D eigenvalue weighted by molar-refractivity contribution is 5.79. The Labute approximate surface area is 161 Å². The van der Waals surface area contributed by atoms with Crippen LogP contribution in [-0.4, -0.2) is 29.3 Å². The summed E-state index contributed by atoms with van der Waals surface area (Å²) in [5.74, 6) is 1.23. The molecule has 7 nitrogen and oxygen atoms in total. The van der Waals surface area contributed by atoms with Gasteiger partial charge in [-0.15, -0.1) is 0 Å². The predicted octanol–water partition coefficient (Wildman–Crippen LogP) is 3.44. The molecule has 0 bridgehead atoms. The zero-order valence-corrected chi connectivity index (χ0v) is 16.0. The van der Waals surface area contributed by atoms with Crippen molar-refractivity contribution in [2.75, 3.05) is 13.2 Å². The van der Waals surface area contributed by atoms with E-state index in [2.05, 4.69) is 25.8 Å². The van der Waals surface area contributed by atoms with Crippen LogP contribution in [0, 0.1) is 0 Å². The molecular formula is C18H24F3N5O2. The molecule has 1 atom stereocenters. The molecule has 2 rings (SSSR count). The number of nitrogens with one attached hydrogen (secondary N) is 2. The van der Waals surface area contributed by atoms with E-state index in [1.54, 1.807) is 6.07 Å². The number of guanidine groups is 1. The monoisotopic (exact) mass is 399 g/mol. The van der Waals surface area contributed by atoms with Crippen molar-refractivity contribution in [2.24, 2.45) is 4.99 Å². The van der Waals surface area contributed by atoms with E-state index in [0.717, 1.165) is 12.1 Å². The number of nitrogens with zero attached hydrogens (tertiary/aromatic N) is 3. The van der Waals surface area contributed by atoms with E-state index in [4.69, 9.17) is 9.26 Å². The number of aromatic nitrogens is 2. The third-order valence-corrected chi connectivity index (χ3v) is 3.69. The van der Waals surface area contributed by atoms with Crippen LogP contribution in [0.25, 0.3) is 0 Å². The van der Waals surface area contributed by atoms with Gasteiger partial charge >= 0.3 is 6.18 Å². The Morgan fingerprint density at radius 1 is 1.29 bits per heavy atom. The van der Waals surface area contributed by atoms with Crippen LogP contribution >= 0.6 is 0 Å². The summed E-state index contributed by atoms with van der Waals surface area (Å²) < 4.78 is 49.0. The molecule has 0 aliphatic rings. The van der Waals surface area contributed by atoms with E-state index >= 15 is 0 Å². The molecule has 1 aromatic heterocycles. The Balaban J connectivity index is 1.99. The van der Waals surface area contributed by atoms with Gasteiger partial charge in [0.25, 0.3) is 0 Å². The number of ether oxygens (including phenoxy) is 1. The van der Waals surface area contributed by atoms with E-state index < -0.39 is 11.7 Å². The number of aliphatic imine (C=N–C) groups is 1. The Bertz CT molecular complexity index is 777. The maximum atomic E-state index is 12.8. The van der Waals surface area contributed by atoms with Gasteiger partial charge in [-0.1, -0.05) is 17.3 Å². The minimum Gasteiger partial charge on any atom is -0.371 e. The molecule has 0 spiro atoms. The third kappa shape index (κ3) is 6.52. The van der Waals surface area contributed by atoms with Crippen LogP contribution in [0.4, 0.5) is 13.2 Å². The summed E-state index contributed by atoms with van der Waals surface area (Å²) in [6, 6.07) is 5.09. The molecule has 0 saturated heterocycles. The Hall–Kier alpha value is -2.62. The van der Waals surface area contributed by atoms with Gasteiger partial charge in [-0.25, -0.2) is 4.99 Å². The molecule has 1 heterocycles. The normalized spacial score (nSPS) is 13.4. The molecule has 0 saturated carbocycles. The van der Waals surface area contributed by atoms with Crippen molar-refractivity contribution in [3.63, 3.8) is 0 Å². The van der Waals surface area contributed by atoms with Crippen molar-refractivity contribution in [1.29, 1.82) is 0 Å². The maximum absolute atomic E-state index is 12.8. The molecule has 154 valence electrons. The third-order valence-electron chi connectivity index (χ3n) is 3.69. The molecule has 0 aliphatic carbocycles. The number of hydrogen-bond acceptors (Lipinski definition) is 5. The molecule has 28 heavy (non-hydrogen) atoms. The second kappa shape index (κ2) is 10.1. The van der Waals surface area contributed by atoms with Gasteiger partial charge in [-0.3, -0.25) is 0 Å². The number of benzene rings is 1. The quantitative estimate of drug-likeness (QED) is 0.523. The van der Waals surface area contributed by atoms with Crippen LogP contribution in [0.2, 0.25) is 0 Å². The summed E-state index contributed by atoms with van der Waals surface area (Å²) in [6.45, 7) is 7.03. The van der Waals surface area contributed by atoms with Crippen molar-refractivity contribution >= 4 is 5.96 Å². The smallest absolute Gasteiger partial charge is 0.371 e. The fraction of sp³-hybridized carbons (Fsp3) is 0.500. The number of rotatable bonds is 8. The van der Waals surface area contributed by atoms with Crippen molar-refractivity contribution < 1.29 is 22.4 Å². The van der Waals surface area contributed by atoms with Gasteiger partial charge in [0.15, 0.2) is 11.8 Å². The van der Waals surface area contributed by atoms with E-state index in [1.807, 2.05) is 20.8 Å². The molecule has 2 N–H and O–H groups in total. The first kappa shape index (κ1) is 21.7. The van der Waals surface area contributed by atoms with Gasteiger partial charge in [-0.05, 0) is 38.5 Å². The fourth-order valence-electron chi connectivity index (χ4n) is 2.35. The Kier molecular flexibility index (Phi) is 7.80. The number of hydrogen-bond donors (Lipinski definition) is 2. The largest absolute Gasteiger partial charge is 0.416 e. The first-order valence-corrected chi connectivity index (χ1v) is 8.95. The van der Waals surface area contributed by atoms with Gasteiger partial charge in [0.2, 0.25) is 5.89 Å². The van der Waals surface area contributed by atoms with Crippen LogP contribution < -0.4 is 10.6 Å². The van der Waals surface area contributed by atoms with Crippen LogP contribution in [0.1, 0.15) is 49.7 Å². The zero-order chi connectivity index (χ0) is 20.6. The molecule has 1 unspecified atom stereocenters. The van der Waals surface area contributed by atoms with Crippen LogP contribution in [0.5, 0.6) is 0 Å². The minimum atomic E-state index is -4.38. The summed E-state index contributed by atoms with van der Waals surface area (Å²) in [5, 5.41) is 9.90. The van der Waals surface area contributed by atoms with Gasteiger partial charge < -0.3 is 19.9 Å². The molecule has 0 aliphatic heterocycles. The highest BCUT2D eigenvalue weighted by Gasteiger charge is 2.30. The fourth-order valence-corrected chi connectivity index (χ4v) is 2.35. The summed E-state index contributed by atoms with van der Waals surface area (Å²) in [5.41, 5.74) is -0.238. The number of alkyl halides is 3. The van der Waals surface area contributed by atoms with Crippen molar-refractivity contribution in [3.05, 3.63) is 47.1 Å². The molecule has 10 heteroatoms. The van der Waals surface area contributed by atoms with Crippen molar-refractivity contribution in [1.82, 2.24) is 20.8 Å². The highest BCUT2D eigenvalue weighted by Crippen LogP contribution is 2.29. The first-order valence-electron chi connectivity index (χ1n) is 8.95. The van der Waals surface area contributed by atoms with E-state index in [9.17, 15) is 13.2 Å². The first-order chi connectivity index (χ1) is 13.3. The lowest BCUT2D eigenvalue weighted by Crippen LogP contribution is -2.36. The highest BCUT2D eigenvalue weighted by atomic mass is 19.4. The topological polar surface area (TPSA) is 84.6 Å². The molecule has 0 amide bonds. The molecule has 0 radical (unpaired) electrons. The van der Waals surface area contributed by atoms with Crippen molar-refractivity contribution in [2.45, 2.75) is 46.1 Å². The molecular weight excluding hydrogens is 375 g/mol. The summed E-state index contributed by atoms with van der Waals surface area (Å²) in [4.78, 5) is 8.55. The van der Waals surface area contributed by atoms with E-state index in [1.165, 1.54) is 6.07 Å². The van der Waals surface area contributed by atoms with Crippen LogP contribution in [0.15, 0.2) is 33.8 Å². The van der Waals surface area contributed by atoms with Gasteiger partial charge in [-0.2, -0.15) is 18.2 Å². The van der Waals surface area contributed by atoms with Gasteiger partial charge in [0, 0.05) is 13.2 Å². The average Bonchev–Trinajstić information content (AvgIpc) is 3.13. The molecule has 1 aromatic carbocycles. The standard InChI is InChI=1S/C18H24F3N5O2/c1-4-22-17(23-10-13-7-6-8-14(9-13)18(19,20)21)24-11-15-25-16(26-28-15)12(3)27-5-2/h6-9,12H,4-5,10-11H2,1-3H3,(H2,22,23,24). The predicted molar refractivity (Wildman–Crippen MR) is 97.4 cm³/mol. The van der Waals surface area contributed by atoms with Gasteiger partial charge in [0.1, 0.15) is 6.10 Å². The second-order valence-corrected chi connectivity index (χ2v) is 5.89. The van der Waals surface area contributed by atoms with E-state index in [-0.39, 0.29) is 19.2 Å². The zero-order valence-electron chi connectivity index (χ0n) is 16.0. The molecule has 0 fully saturated rings. The number of halogens is 3. The maximum Gasteiger partial charge on any atom is 0.416 e. The van der Waals surface area contributed by atoms with Crippen LogP contribution in [-0.2, 0) is 24.0 Å². The molecule has 2 aromatic rings.